The van der Waals surface area contributed by atoms with Crippen LogP contribution in [-0.2, 0) is 53.3 Å². The van der Waals surface area contributed by atoms with Crippen molar-refractivity contribution in [3.05, 3.63) is 204 Å². The molecule has 6 N–H and O–H groups in total. The first-order valence-electron chi connectivity index (χ1n) is 28.7. The van der Waals surface area contributed by atoms with Crippen LogP contribution in [0, 0.1) is 0 Å². The molecule has 426 valence electrons. The predicted octanol–water partition coefficient (Wildman–Crippen LogP) is 6.16. The molecule has 1 unspecified atom stereocenters. The fraction of sp³-hybridized carbons (Fsp3) is 0.354. The van der Waals surface area contributed by atoms with Crippen LogP contribution in [0.25, 0.3) is 32.3 Å². The number of aromatic amines is 3. The fourth-order valence-electron chi connectivity index (χ4n) is 12.0. The van der Waals surface area contributed by atoms with E-state index < -0.39 is 6.10 Å². The van der Waals surface area contributed by atoms with E-state index in [1.165, 1.54) is 24.9 Å². The van der Waals surface area contributed by atoms with E-state index in [0.717, 1.165) is 98.6 Å². The van der Waals surface area contributed by atoms with Gasteiger partial charge in [-0.05, 0) is 127 Å². The molecule has 7 heterocycles. The summed E-state index contributed by atoms with van der Waals surface area (Å²) in [5.74, 6) is 0.219. The number of amides is 3. The van der Waals surface area contributed by atoms with Gasteiger partial charge in [0.15, 0.2) is 0 Å². The molecular formula is C65H74N10O7. The molecule has 0 spiro atoms. The van der Waals surface area contributed by atoms with Crippen LogP contribution in [0.1, 0.15) is 71.1 Å². The maximum Gasteiger partial charge on any atom is 0.256 e. The number of aliphatic hydroxyl groups is 1. The van der Waals surface area contributed by atoms with E-state index in [1.54, 1.807) is 4.90 Å². The number of hydrogen-bond donors (Lipinski definition) is 6. The van der Waals surface area contributed by atoms with Gasteiger partial charge in [0.2, 0.25) is 17.7 Å². The lowest BCUT2D eigenvalue weighted by Crippen LogP contribution is -2.42. The summed E-state index contributed by atoms with van der Waals surface area (Å²) in [6, 6.07) is 43.0. The fourth-order valence-corrected chi connectivity index (χ4v) is 12.0. The predicted molar refractivity (Wildman–Crippen MR) is 323 cm³/mol. The monoisotopic (exact) mass is 1110 g/mol. The highest BCUT2D eigenvalue weighted by molar-refractivity contribution is 5.89. The molecule has 1 saturated heterocycles. The molecule has 2 atom stereocenters. The number of rotatable bonds is 14. The zero-order chi connectivity index (χ0) is 57.1. The Bertz CT molecular complexity index is 3730. The smallest absolute Gasteiger partial charge is 0.256 e. The molecule has 0 radical (unpaired) electrons. The number of carbonyl (C=O) groups excluding carboxylic acids is 3. The molecule has 82 heavy (non-hydrogen) atoms. The van der Waals surface area contributed by atoms with Gasteiger partial charge in [-0.1, -0.05) is 103 Å². The van der Waals surface area contributed by atoms with Crippen molar-refractivity contribution in [3.8, 4) is 0 Å². The van der Waals surface area contributed by atoms with Crippen LogP contribution in [0.3, 0.4) is 0 Å². The maximum absolute atomic E-state index is 12.7. The highest BCUT2D eigenvalue weighted by atomic mass is 16.3. The highest BCUT2D eigenvalue weighted by Crippen LogP contribution is 2.27. The number of pyridine rings is 3. The molecule has 4 aliphatic rings. The molecule has 3 aromatic heterocycles. The Morgan fingerprint density at radius 3 is 1.48 bits per heavy atom. The van der Waals surface area contributed by atoms with E-state index in [2.05, 4.69) is 37.5 Å². The summed E-state index contributed by atoms with van der Waals surface area (Å²) in [6.07, 6.45) is 5.67. The SMILES string of the molecule is CN(CC(=O)N1CCc2c([nH]c(=O)c3ccccc23)C1)c1ccccc1.CN1CCCC1CCNCC(=O)N1CCc2c([nH]c(=O)c3ccccc23)C1.O=C(CCNC[C@@H](O)c1ccccc1)N1CCc2c([nH]c(=O)c3ccccc23)C1. The number of para-hydroxylation sites is 1. The second-order valence-electron chi connectivity index (χ2n) is 21.9. The van der Waals surface area contributed by atoms with Crippen LogP contribution in [0.5, 0.6) is 0 Å². The second-order valence-corrected chi connectivity index (χ2v) is 21.9. The molecule has 0 bridgehead atoms. The minimum Gasteiger partial charge on any atom is -0.387 e. The van der Waals surface area contributed by atoms with E-state index in [1.807, 2.05) is 155 Å². The van der Waals surface area contributed by atoms with Gasteiger partial charge in [0.25, 0.3) is 16.7 Å². The van der Waals surface area contributed by atoms with Crippen LogP contribution in [-0.4, -0.2) is 136 Å². The largest absolute Gasteiger partial charge is 0.387 e. The number of likely N-dealkylation sites (N-methyl/N-ethyl adjacent to an activating group) is 1. The van der Waals surface area contributed by atoms with Crippen molar-refractivity contribution in [2.24, 2.45) is 0 Å². The number of nitrogens with zero attached hydrogens (tertiary/aromatic N) is 5. The Hall–Kier alpha value is -8.22. The Morgan fingerprint density at radius 1 is 0.561 bits per heavy atom. The molecule has 8 aromatic rings. The molecule has 0 aliphatic carbocycles. The van der Waals surface area contributed by atoms with Crippen LogP contribution in [0.15, 0.2) is 148 Å². The van der Waals surface area contributed by atoms with Gasteiger partial charge in [-0.25, -0.2) is 0 Å². The van der Waals surface area contributed by atoms with Crippen LogP contribution < -0.4 is 32.2 Å². The Labute approximate surface area is 477 Å². The summed E-state index contributed by atoms with van der Waals surface area (Å²) in [5, 5.41) is 21.8. The number of benzene rings is 5. The maximum atomic E-state index is 12.7. The van der Waals surface area contributed by atoms with Crippen molar-refractivity contribution in [1.29, 1.82) is 0 Å². The standard InChI is InChI=1S/C23H25N3O3.C21H28N4O2.C21H21N3O2/c27-21(16-6-2-1-3-7-16)14-24-12-10-22(28)26-13-11-18-17-8-4-5-9-19(17)23(29)25-20(18)15-26;1-24-11-4-5-15(24)8-10-22-13-20(26)25-12-9-17-16-6-2-3-7-18(16)21(27)23-19(17)14-25;1-23(15-7-3-2-4-8-15)14-20(25)24-12-11-17-16-9-5-6-10-18(16)21(26)22-19(17)13-24/h1-9,21,24,27H,10-15H2,(H,25,29);2-3,6-7,15,22H,4-5,8-14H2,1H3,(H,23,27);2-10H,11-14H2,1H3,(H,22,26)/t21-;;/m1../s1. The summed E-state index contributed by atoms with van der Waals surface area (Å²) in [4.78, 5) is 93.6. The van der Waals surface area contributed by atoms with Crippen molar-refractivity contribution in [3.63, 3.8) is 0 Å². The lowest BCUT2D eigenvalue weighted by Gasteiger charge is -2.31. The summed E-state index contributed by atoms with van der Waals surface area (Å²) >= 11 is 0. The average Bonchev–Trinajstić information content (AvgIpc) is 3.64. The first-order chi connectivity index (χ1) is 39.9. The molecule has 4 aliphatic heterocycles. The molecule has 17 heteroatoms. The minimum absolute atomic E-state index is 0.0476. The number of hydrogen-bond acceptors (Lipinski definition) is 11. The second kappa shape index (κ2) is 26.6. The molecular weight excluding hydrogens is 1030 g/mol. The third-order valence-electron chi connectivity index (χ3n) is 16.6. The lowest BCUT2D eigenvalue weighted by atomic mass is 9.98. The number of nitrogens with one attached hydrogen (secondary N) is 5. The molecule has 17 nitrogen and oxygen atoms in total. The van der Waals surface area contributed by atoms with Crippen LogP contribution in [0.2, 0.25) is 0 Å². The van der Waals surface area contributed by atoms with Crippen molar-refractivity contribution in [1.82, 2.24) is 45.2 Å². The normalized spacial score (nSPS) is 16.1. The third kappa shape index (κ3) is 13.4. The van der Waals surface area contributed by atoms with Gasteiger partial charge in [0.05, 0.1) is 38.8 Å². The molecule has 3 amide bonds. The third-order valence-corrected chi connectivity index (χ3v) is 16.6. The van der Waals surface area contributed by atoms with Crippen LogP contribution >= 0.6 is 0 Å². The Balaban J connectivity index is 0.000000138. The number of carbonyl (C=O) groups is 3. The number of likely N-dealkylation sites (tertiary alicyclic amines) is 1. The van der Waals surface area contributed by atoms with E-state index in [-0.39, 0.29) is 34.4 Å². The van der Waals surface area contributed by atoms with Gasteiger partial charge in [-0.2, -0.15) is 0 Å². The quantitative estimate of drug-likeness (QED) is 0.0680. The zero-order valence-corrected chi connectivity index (χ0v) is 46.9. The van der Waals surface area contributed by atoms with E-state index in [0.29, 0.717) is 83.3 Å². The molecule has 5 aromatic carbocycles. The summed E-state index contributed by atoms with van der Waals surface area (Å²) in [5.41, 5.74) is 7.63. The van der Waals surface area contributed by atoms with Crippen molar-refractivity contribution < 1.29 is 19.5 Å². The summed E-state index contributed by atoms with van der Waals surface area (Å²) in [7, 11) is 4.10. The van der Waals surface area contributed by atoms with E-state index in [4.69, 9.17) is 0 Å². The van der Waals surface area contributed by atoms with Gasteiger partial charge in [0.1, 0.15) is 0 Å². The highest BCUT2D eigenvalue weighted by Gasteiger charge is 2.27. The topological polar surface area (TPSA) is 210 Å². The average molecular weight is 1110 g/mol. The van der Waals surface area contributed by atoms with E-state index >= 15 is 0 Å². The number of fused-ring (bicyclic) bond motifs is 9. The first kappa shape index (κ1) is 57.0. The summed E-state index contributed by atoms with van der Waals surface area (Å²) in [6.45, 7) is 7.03. The number of anilines is 1. The Morgan fingerprint density at radius 2 is 1.00 bits per heavy atom. The lowest BCUT2D eigenvalue weighted by molar-refractivity contribution is -0.132. The van der Waals surface area contributed by atoms with Crippen LogP contribution in [0.4, 0.5) is 5.69 Å². The molecule has 1 fully saturated rings. The van der Waals surface area contributed by atoms with Crippen molar-refractivity contribution in [2.45, 2.75) is 76.7 Å². The zero-order valence-electron chi connectivity index (χ0n) is 46.9. The number of H-pyrrole nitrogens is 3. The van der Waals surface area contributed by atoms with Gasteiger partial charge in [-0.3, -0.25) is 28.8 Å². The summed E-state index contributed by atoms with van der Waals surface area (Å²) < 4.78 is 0. The van der Waals surface area contributed by atoms with E-state index in [9.17, 15) is 33.9 Å². The first-order valence-corrected chi connectivity index (χ1v) is 28.7. The van der Waals surface area contributed by atoms with Gasteiger partial charge in [-0.15, -0.1) is 0 Å². The van der Waals surface area contributed by atoms with Gasteiger partial charge in [0, 0.05) is 91.2 Å². The minimum atomic E-state index is -0.591. The molecule has 0 saturated carbocycles. The number of aliphatic hydroxyl groups excluding tert-OH is 1. The van der Waals surface area contributed by atoms with Gasteiger partial charge >= 0.3 is 0 Å². The molecule has 12 rings (SSSR count). The van der Waals surface area contributed by atoms with Crippen molar-refractivity contribution in [2.75, 3.05) is 77.9 Å². The van der Waals surface area contributed by atoms with Crippen molar-refractivity contribution >= 4 is 55.7 Å². The number of aromatic nitrogens is 3. The Kier molecular flexibility index (Phi) is 18.5. The van der Waals surface area contributed by atoms with Gasteiger partial charge < -0.3 is 55.2 Å².